The van der Waals surface area contributed by atoms with Crippen molar-refractivity contribution in [3.63, 3.8) is 0 Å². The minimum absolute atomic E-state index is 0.105. The van der Waals surface area contributed by atoms with Crippen molar-refractivity contribution in [3.05, 3.63) is 34.4 Å². The van der Waals surface area contributed by atoms with Crippen LogP contribution in [0.15, 0.2) is 12.1 Å². The second kappa shape index (κ2) is 4.57. The molecule has 0 aromatic heterocycles. The molecule has 0 amide bonds. The van der Waals surface area contributed by atoms with Crippen LogP contribution in [0.3, 0.4) is 0 Å². The van der Waals surface area contributed by atoms with Gasteiger partial charge in [0.05, 0.1) is 11.6 Å². The third kappa shape index (κ3) is 2.79. The van der Waals surface area contributed by atoms with Crippen LogP contribution in [0.25, 0.3) is 0 Å². The van der Waals surface area contributed by atoms with Crippen LogP contribution < -0.4 is 0 Å². The van der Waals surface area contributed by atoms with Crippen LogP contribution >= 0.6 is 0 Å². The summed E-state index contributed by atoms with van der Waals surface area (Å²) in [4.78, 5) is 11.2. The number of hydrogen-bond acceptors (Lipinski definition) is 2. The standard InChI is InChI=1S/C16H21NO/c1-15(2,3)13-8-14(16(4,5)6)12(10-18)7-11(13)9-17/h7-8,10H,1-6H3. The van der Waals surface area contributed by atoms with Gasteiger partial charge in [-0.2, -0.15) is 5.26 Å². The molecule has 2 heteroatoms. The molecule has 0 fully saturated rings. The van der Waals surface area contributed by atoms with Crippen LogP contribution in [0.1, 0.15) is 68.6 Å². The Kier molecular flexibility index (Phi) is 3.67. The van der Waals surface area contributed by atoms with Gasteiger partial charge in [-0.25, -0.2) is 0 Å². The minimum Gasteiger partial charge on any atom is -0.298 e. The quantitative estimate of drug-likeness (QED) is 0.700. The van der Waals surface area contributed by atoms with Crippen LogP contribution in [-0.2, 0) is 10.8 Å². The van der Waals surface area contributed by atoms with Crippen LogP contribution in [0.2, 0.25) is 0 Å². The maximum absolute atomic E-state index is 11.2. The highest BCUT2D eigenvalue weighted by atomic mass is 16.1. The lowest BCUT2D eigenvalue weighted by Gasteiger charge is -2.27. The topological polar surface area (TPSA) is 40.9 Å². The van der Waals surface area contributed by atoms with Gasteiger partial charge in [0.15, 0.2) is 0 Å². The van der Waals surface area contributed by atoms with Gasteiger partial charge in [-0.05, 0) is 28.0 Å². The molecule has 0 aliphatic heterocycles. The fraction of sp³-hybridized carbons (Fsp3) is 0.500. The molecule has 0 aliphatic carbocycles. The highest BCUT2D eigenvalue weighted by Gasteiger charge is 2.24. The minimum atomic E-state index is -0.107. The van der Waals surface area contributed by atoms with Crippen LogP contribution in [0, 0.1) is 11.3 Å². The van der Waals surface area contributed by atoms with Gasteiger partial charge in [-0.1, -0.05) is 47.6 Å². The number of carbonyl (C=O) groups is 1. The van der Waals surface area contributed by atoms with Crippen molar-refractivity contribution in [1.29, 1.82) is 5.26 Å². The molecule has 0 atom stereocenters. The fourth-order valence-electron chi connectivity index (χ4n) is 2.08. The summed E-state index contributed by atoms with van der Waals surface area (Å²) < 4.78 is 0. The van der Waals surface area contributed by atoms with E-state index >= 15 is 0 Å². The number of benzene rings is 1. The molecule has 0 heterocycles. The number of nitrogens with zero attached hydrogens (tertiary/aromatic N) is 1. The van der Waals surface area contributed by atoms with E-state index in [-0.39, 0.29) is 10.8 Å². The van der Waals surface area contributed by atoms with E-state index in [1.54, 1.807) is 6.07 Å². The summed E-state index contributed by atoms with van der Waals surface area (Å²) in [5.41, 5.74) is 3.00. The van der Waals surface area contributed by atoms with Gasteiger partial charge in [0.25, 0.3) is 0 Å². The Morgan fingerprint density at radius 3 is 1.83 bits per heavy atom. The van der Waals surface area contributed by atoms with Crippen molar-refractivity contribution >= 4 is 6.29 Å². The molecule has 1 aromatic carbocycles. The Morgan fingerprint density at radius 1 is 1.00 bits per heavy atom. The molecule has 0 bridgehead atoms. The molecule has 0 saturated carbocycles. The summed E-state index contributed by atoms with van der Waals surface area (Å²) >= 11 is 0. The lowest BCUT2D eigenvalue weighted by Crippen LogP contribution is -2.19. The first-order chi connectivity index (χ1) is 8.11. The van der Waals surface area contributed by atoms with E-state index in [0.29, 0.717) is 11.1 Å². The molecule has 0 saturated heterocycles. The zero-order chi connectivity index (χ0) is 14.1. The number of nitriles is 1. The normalized spacial score (nSPS) is 12.1. The average Bonchev–Trinajstić information content (AvgIpc) is 2.24. The molecule has 0 aliphatic rings. The summed E-state index contributed by atoms with van der Waals surface area (Å²) in [6.45, 7) is 12.5. The summed E-state index contributed by atoms with van der Waals surface area (Å²) in [6, 6.07) is 5.93. The molecule has 1 rings (SSSR count). The van der Waals surface area contributed by atoms with Crippen LogP contribution in [0.4, 0.5) is 0 Å². The Labute approximate surface area is 110 Å². The molecule has 1 aromatic rings. The third-order valence-corrected chi connectivity index (χ3v) is 3.05. The summed E-state index contributed by atoms with van der Waals surface area (Å²) in [7, 11) is 0. The monoisotopic (exact) mass is 243 g/mol. The predicted octanol–water partition coefficient (Wildman–Crippen LogP) is 3.97. The van der Waals surface area contributed by atoms with Gasteiger partial charge in [0, 0.05) is 5.56 Å². The van der Waals surface area contributed by atoms with Gasteiger partial charge in [-0.3, -0.25) is 4.79 Å². The first-order valence-electron chi connectivity index (χ1n) is 6.15. The Bertz CT molecular complexity index is 508. The number of carbonyl (C=O) groups excluding carboxylic acids is 1. The van der Waals surface area contributed by atoms with Gasteiger partial charge >= 0.3 is 0 Å². The van der Waals surface area contributed by atoms with E-state index in [1.807, 2.05) is 6.07 Å². The summed E-state index contributed by atoms with van der Waals surface area (Å²) in [5, 5.41) is 9.23. The predicted molar refractivity (Wildman–Crippen MR) is 73.9 cm³/mol. The van der Waals surface area contributed by atoms with E-state index in [1.165, 1.54) is 0 Å². The highest BCUT2D eigenvalue weighted by molar-refractivity contribution is 5.79. The average molecular weight is 243 g/mol. The van der Waals surface area contributed by atoms with E-state index in [4.69, 9.17) is 0 Å². The Balaban J connectivity index is 3.66. The SMILES string of the molecule is CC(C)(C)c1cc(C(C)(C)C)c(C=O)cc1C#N. The molecule has 0 N–H and O–H groups in total. The molecule has 0 radical (unpaired) electrons. The molecule has 0 unspecified atom stereocenters. The van der Waals surface area contributed by atoms with Gasteiger partial charge in [-0.15, -0.1) is 0 Å². The van der Waals surface area contributed by atoms with E-state index < -0.39 is 0 Å². The second-order valence-electron chi connectivity index (χ2n) is 6.71. The molecular formula is C16H21NO. The van der Waals surface area contributed by atoms with Crippen molar-refractivity contribution in [3.8, 4) is 6.07 Å². The molecule has 18 heavy (non-hydrogen) atoms. The first-order valence-corrected chi connectivity index (χ1v) is 6.15. The lowest BCUT2D eigenvalue weighted by atomic mass is 9.77. The third-order valence-electron chi connectivity index (χ3n) is 3.05. The number of hydrogen-bond donors (Lipinski definition) is 0. The molecule has 2 nitrogen and oxygen atoms in total. The zero-order valence-electron chi connectivity index (χ0n) is 12.1. The summed E-state index contributed by atoms with van der Waals surface area (Å²) in [5.74, 6) is 0. The highest BCUT2D eigenvalue weighted by Crippen LogP contribution is 2.33. The van der Waals surface area contributed by atoms with Crippen molar-refractivity contribution in [2.45, 2.75) is 52.4 Å². The smallest absolute Gasteiger partial charge is 0.150 e. The van der Waals surface area contributed by atoms with Gasteiger partial charge in [0.1, 0.15) is 6.29 Å². The van der Waals surface area contributed by atoms with Crippen molar-refractivity contribution in [1.82, 2.24) is 0 Å². The van der Waals surface area contributed by atoms with Crippen molar-refractivity contribution in [2.75, 3.05) is 0 Å². The molecule has 96 valence electrons. The van der Waals surface area contributed by atoms with Crippen LogP contribution in [-0.4, -0.2) is 6.29 Å². The maximum Gasteiger partial charge on any atom is 0.150 e. The van der Waals surface area contributed by atoms with E-state index in [0.717, 1.165) is 17.4 Å². The van der Waals surface area contributed by atoms with Crippen molar-refractivity contribution in [2.24, 2.45) is 0 Å². The molecular weight excluding hydrogens is 222 g/mol. The second-order valence-corrected chi connectivity index (χ2v) is 6.71. The maximum atomic E-state index is 11.2. The van der Waals surface area contributed by atoms with Gasteiger partial charge < -0.3 is 0 Å². The van der Waals surface area contributed by atoms with Crippen LogP contribution in [0.5, 0.6) is 0 Å². The fourth-order valence-corrected chi connectivity index (χ4v) is 2.08. The number of aldehydes is 1. The largest absolute Gasteiger partial charge is 0.298 e. The Morgan fingerprint density at radius 2 is 1.50 bits per heavy atom. The summed E-state index contributed by atoms with van der Waals surface area (Å²) in [6.07, 6.45) is 0.841. The Hall–Kier alpha value is -1.62. The zero-order valence-corrected chi connectivity index (χ0v) is 12.1. The number of rotatable bonds is 1. The van der Waals surface area contributed by atoms with Gasteiger partial charge in [0.2, 0.25) is 0 Å². The van der Waals surface area contributed by atoms with Crippen molar-refractivity contribution < 1.29 is 4.79 Å². The lowest BCUT2D eigenvalue weighted by molar-refractivity contribution is 0.112. The van der Waals surface area contributed by atoms with E-state index in [2.05, 4.69) is 47.6 Å². The first kappa shape index (κ1) is 14.4. The van der Waals surface area contributed by atoms with E-state index in [9.17, 15) is 10.1 Å². The molecule has 0 spiro atoms.